The Morgan fingerprint density at radius 2 is 1.64 bits per heavy atom. The third kappa shape index (κ3) is 8.38. The molecule has 2 atom stereocenters. The molecule has 2 unspecified atom stereocenters. The van der Waals surface area contributed by atoms with Crippen molar-refractivity contribution in [1.29, 1.82) is 0 Å². The Labute approximate surface area is 267 Å². The molecule has 1 aliphatic rings. The van der Waals surface area contributed by atoms with Gasteiger partial charge in [0.1, 0.15) is 4.75 Å². The first kappa shape index (κ1) is 33.9. The van der Waals surface area contributed by atoms with Gasteiger partial charge in [0.05, 0.1) is 16.6 Å². The van der Waals surface area contributed by atoms with Gasteiger partial charge in [0.25, 0.3) is 10.1 Å². The molecular formula is C37H45N3O4S. The molecule has 1 aliphatic carbocycles. The van der Waals surface area contributed by atoms with E-state index in [-0.39, 0.29) is 11.8 Å². The van der Waals surface area contributed by atoms with Crippen LogP contribution in [-0.2, 0) is 21.3 Å². The predicted octanol–water partition coefficient (Wildman–Crippen LogP) is 7.79. The number of H-pyrrole nitrogens is 1. The zero-order valence-electron chi connectivity index (χ0n) is 26.7. The third-order valence-electron chi connectivity index (χ3n) is 8.38. The minimum atomic E-state index is -4.01. The van der Waals surface area contributed by atoms with Crippen molar-refractivity contribution < 1.29 is 17.8 Å². The van der Waals surface area contributed by atoms with Crippen LogP contribution in [0.2, 0.25) is 0 Å². The van der Waals surface area contributed by atoms with E-state index >= 15 is 0 Å². The molecule has 8 heteroatoms. The maximum Gasteiger partial charge on any atom is 0.274 e. The van der Waals surface area contributed by atoms with Crippen molar-refractivity contribution in [1.82, 2.24) is 4.98 Å². The number of rotatable bonds is 10. The molecule has 1 heterocycles. The Morgan fingerprint density at radius 3 is 2.29 bits per heavy atom. The number of allylic oxidation sites excluding steroid dienone is 3. The van der Waals surface area contributed by atoms with Gasteiger partial charge in [-0.15, -0.1) is 0 Å². The number of carbonyl (C=O) groups excluding carboxylic acids is 1. The van der Waals surface area contributed by atoms with Crippen LogP contribution in [-0.4, -0.2) is 41.7 Å². The molecule has 0 aliphatic heterocycles. The lowest BCUT2D eigenvalue weighted by molar-refractivity contribution is -0.118. The number of benzene rings is 2. The number of aromatic amines is 1. The summed E-state index contributed by atoms with van der Waals surface area (Å²) < 4.78 is 29.8. The van der Waals surface area contributed by atoms with Crippen molar-refractivity contribution in [2.75, 3.05) is 18.0 Å². The van der Waals surface area contributed by atoms with Crippen LogP contribution in [0.15, 0.2) is 102 Å². The number of amides is 1. The molecule has 2 N–H and O–H groups in total. The molecule has 3 aromatic carbocycles. The number of nitrogens with one attached hydrogen (secondary N) is 1. The van der Waals surface area contributed by atoms with Crippen molar-refractivity contribution in [2.24, 2.45) is 10.9 Å². The van der Waals surface area contributed by atoms with Crippen LogP contribution in [0.4, 0.5) is 5.69 Å². The smallest absolute Gasteiger partial charge is 0.274 e. The zero-order chi connectivity index (χ0) is 32.5. The first-order chi connectivity index (χ1) is 21.6. The monoisotopic (exact) mass is 627 g/mol. The van der Waals surface area contributed by atoms with E-state index < -0.39 is 14.9 Å². The first-order valence-corrected chi connectivity index (χ1v) is 17.3. The number of nitrogens with zero attached hydrogens (tertiary/aromatic N) is 2. The maximum atomic E-state index is 12.5. The fraction of sp³-hybridized carbons (Fsp3) is 0.351. The lowest BCUT2D eigenvalue weighted by atomic mass is 9.91. The van der Waals surface area contributed by atoms with E-state index in [4.69, 9.17) is 4.55 Å². The first-order valence-electron chi connectivity index (χ1n) is 15.8. The molecule has 0 bridgehead atoms. The molecule has 0 spiro atoms. The summed E-state index contributed by atoms with van der Waals surface area (Å²) in [6.07, 6.45) is 11.1. The molecule has 0 saturated carbocycles. The summed E-state index contributed by atoms with van der Waals surface area (Å²) in [6.45, 7) is 9.78. The predicted molar refractivity (Wildman–Crippen MR) is 186 cm³/mol. The summed E-state index contributed by atoms with van der Waals surface area (Å²) in [5.74, 6) is -0.267. The van der Waals surface area contributed by atoms with Gasteiger partial charge in [0.15, 0.2) is 0 Å². The second-order valence-corrected chi connectivity index (χ2v) is 13.6. The van der Waals surface area contributed by atoms with Crippen LogP contribution < -0.4 is 10.3 Å². The Kier molecular flexibility index (Phi) is 11.5. The number of aromatic nitrogens is 1. The van der Waals surface area contributed by atoms with Crippen LogP contribution in [0.1, 0.15) is 58.9 Å². The summed E-state index contributed by atoms with van der Waals surface area (Å²) in [7, 11) is -4.01. The Hall–Kier alpha value is -4.01. The molecule has 0 saturated heterocycles. The molecule has 45 heavy (non-hydrogen) atoms. The number of carbonyl (C=O) groups is 1. The summed E-state index contributed by atoms with van der Waals surface area (Å²) in [5, 5.41) is 3.05. The van der Waals surface area contributed by atoms with E-state index in [1.165, 1.54) is 29.6 Å². The van der Waals surface area contributed by atoms with Crippen LogP contribution in [0, 0.1) is 5.92 Å². The minimum absolute atomic E-state index is 0.0702. The quantitative estimate of drug-likeness (QED) is 0.175. The Bertz CT molecular complexity index is 1840. The molecule has 4 aromatic rings. The molecule has 0 radical (unpaired) electrons. The van der Waals surface area contributed by atoms with Crippen molar-refractivity contribution in [3.8, 4) is 0 Å². The highest BCUT2D eigenvalue weighted by Crippen LogP contribution is 2.32. The van der Waals surface area contributed by atoms with Crippen LogP contribution in [0.3, 0.4) is 0 Å². The number of para-hydroxylation sites is 1. The highest BCUT2D eigenvalue weighted by Gasteiger charge is 2.40. The van der Waals surface area contributed by atoms with E-state index in [9.17, 15) is 13.2 Å². The Morgan fingerprint density at radius 1 is 0.956 bits per heavy atom. The molecule has 1 amide bonds. The van der Waals surface area contributed by atoms with Gasteiger partial charge in [0.2, 0.25) is 5.91 Å². The average molecular weight is 628 g/mol. The molecule has 238 valence electrons. The fourth-order valence-electron chi connectivity index (χ4n) is 5.63. The Balaban J connectivity index is 0.000000323. The van der Waals surface area contributed by atoms with Gasteiger partial charge in [-0.3, -0.25) is 9.35 Å². The number of hydrogen-bond acceptors (Lipinski definition) is 4. The van der Waals surface area contributed by atoms with Gasteiger partial charge in [-0.2, -0.15) is 8.42 Å². The second-order valence-electron chi connectivity index (χ2n) is 11.8. The number of anilines is 1. The fourth-order valence-corrected chi connectivity index (χ4v) is 6.43. The summed E-state index contributed by atoms with van der Waals surface area (Å²) in [6, 6.07) is 24.8. The number of fused-ring (bicyclic) bond motifs is 3. The van der Waals surface area contributed by atoms with E-state index in [1.54, 1.807) is 25.2 Å². The lowest BCUT2D eigenvalue weighted by Crippen LogP contribution is -2.39. The normalized spacial score (nSPS) is 18.2. The highest BCUT2D eigenvalue weighted by atomic mass is 32.2. The summed E-state index contributed by atoms with van der Waals surface area (Å²) in [4.78, 5) is 23.0. The van der Waals surface area contributed by atoms with Crippen LogP contribution >= 0.6 is 0 Å². The minimum Gasteiger partial charge on any atom is -0.370 e. The average Bonchev–Trinajstić information content (AvgIpc) is 3.23. The van der Waals surface area contributed by atoms with Crippen molar-refractivity contribution in [2.45, 2.75) is 64.5 Å². The SMILES string of the molecule is CC1C=CC=CC1(C)S(=O)(=O)O.CCCN(CCC)c1cccc2c1[nH]c1cc(=NC(=O)CCCc3ccccc3)cccc12. The van der Waals surface area contributed by atoms with E-state index in [0.717, 1.165) is 55.2 Å². The van der Waals surface area contributed by atoms with E-state index in [1.807, 2.05) is 36.4 Å². The molecular weight excluding hydrogens is 582 g/mol. The number of hydrogen-bond donors (Lipinski definition) is 2. The summed E-state index contributed by atoms with van der Waals surface area (Å²) in [5.41, 5.74) is 4.66. The standard InChI is InChI=1S/C29H33N3O.C8H12O3S/c1-3-19-32(20-4-2)27-17-10-16-25-24-15-9-14-23(21-26(24)31-29(25)27)30-28(33)18-8-13-22-11-6-5-7-12-22;1-7-5-3-4-6-8(7,2)12(9,10)11/h5-7,9-12,14-17,21,31H,3-4,8,13,18-20H2,1-2H3;3-7H,1-2H3,(H,9,10,11). The summed E-state index contributed by atoms with van der Waals surface area (Å²) >= 11 is 0. The molecule has 0 fully saturated rings. The van der Waals surface area contributed by atoms with Gasteiger partial charge >= 0.3 is 0 Å². The topological polar surface area (TPSA) is 103 Å². The zero-order valence-corrected chi connectivity index (χ0v) is 27.6. The van der Waals surface area contributed by atoms with Gasteiger partial charge in [-0.05, 0) is 62.3 Å². The molecule has 1 aromatic heterocycles. The van der Waals surface area contributed by atoms with Crippen molar-refractivity contribution in [3.05, 3.63) is 108 Å². The van der Waals surface area contributed by atoms with E-state index in [0.29, 0.717) is 11.8 Å². The van der Waals surface area contributed by atoms with Crippen molar-refractivity contribution in [3.63, 3.8) is 0 Å². The van der Waals surface area contributed by atoms with Gasteiger partial charge < -0.3 is 9.88 Å². The number of aryl methyl sites for hydroxylation is 1. The maximum absolute atomic E-state index is 12.5. The van der Waals surface area contributed by atoms with Gasteiger partial charge in [0, 0.05) is 35.8 Å². The second kappa shape index (κ2) is 15.3. The highest BCUT2D eigenvalue weighted by molar-refractivity contribution is 7.87. The van der Waals surface area contributed by atoms with Crippen molar-refractivity contribution >= 4 is 43.5 Å². The molecule has 7 nitrogen and oxygen atoms in total. The van der Waals surface area contributed by atoms with Crippen LogP contribution in [0.5, 0.6) is 0 Å². The largest absolute Gasteiger partial charge is 0.370 e. The van der Waals surface area contributed by atoms with Gasteiger partial charge in [-0.25, -0.2) is 4.99 Å². The van der Waals surface area contributed by atoms with E-state index in [2.05, 4.69) is 65.1 Å². The van der Waals surface area contributed by atoms with Gasteiger partial charge in [-0.1, -0.05) is 99.7 Å². The third-order valence-corrected chi connectivity index (χ3v) is 10.0. The van der Waals surface area contributed by atoms with Crippen LogP contribution in [0.25, 0.3) is 21.8 Å². The lowest BCUT2D eigenvalue weighted by Gasteiger charge is -2.29. The molecule has 5 rings (SSSR count).